The van der Waals surface area contributed by atoms with Crippen LogP contribution >= 0.6 is 38.5 Å². The molecule has 0 N–H and O–H groups in total. The van der Waals surface area contributed by atoms with Crippen LogP contribution in [-0.4, -0.2) is 28.4 Å². The van der Waals surface area contributed by atoms with Crippen LogP contribution < -0.4 is 4.90 Å². The molecule has 15 heavy (non-hydrogen) atoms. The quantitative estimate of drug-likeness (QED) is 0.582. The Morgan fingerprint density at radius 2 is 2.20 bits per heavy atom. The standard InChI is InChI=1S/C10H13BrIN3/c11-4-8-2-1-3-15(7-8)10-13-5-9(12)6-14-10/h5-6,8H,1-4,7H2. The van der Waals surface area contributed by atoms with Crippen LogP contribution in [0.2, 0.25) is 0 Å². The topological polar surface area (TPSA) is 29.0 Å². The molecule has 0 amide bonds. The average molecular weight is 382 g/mol. The molecular weight excluding hydrogens is 369 g/mol. The molecular formula is C10H13BrIN3. The molecule has 3 nitrogen and oxygen atoms in total. The highest BCUT2D eigenvalue weighted by Gasteiger charge is 2.20. The Morgan fingerprint density at radius 3 is 2.87 bits per heavy atom. The lowest BCUT2D eigenvalue weighted by Gasteiger charge is -2.31. The monoisotopic (exact) mass is 381 g/mol. The maximum absolute atomic E-state index is 4.36. The highest BCUT2D eigenvalue weighted by atomic mass is 127. The second kappa shape index (κ2) is 5.43. The first kappa shape index (κ1) is 11.6. The first-order valence-electron chi connectivity index (χ1n) is 5.08. The van der Waals surface area contributed by atoms with E-state index in [0.717, 1.165) is 33.9 Å². The molecule has 5 heteroatoms. The zero-order chi connectivity index (χ0) is 10.7. The van der Waals surface area contributed by atoms with E-state index in [2.05, 4.69) is 53.4 Å². The Kier molecular flexibility index (Phi) is 4.19. The summed E-state index contributed by atoms with van der Waals surface area (Å²) in [6, 6.07) is 0. The highest BCUT2D eigenvalue weighted by molar-refractivity contribution is 14.1. The molecule has 1 aromatic heterocycles. The fraction of sp³-hybridized carbons (Fsp3) is 0.600. The summed E-state index contributed by atoms with van der Waals surface area (Å²) in [5, 5.41) is 1.08. The van der Waals surface area contributed by atoms with Crippen LogP contribution in [0.3, 0.4) is 0 Å². The summed E-state index contributed by atoms with van der Waals surface area (Å²) in [4.78, 5) is 11.0. The maximum atomic E-state index is 4.36. The van der Waals surface area contributed by atoms with Crippen LogP contribution in [-0.2, 0) is 0 Å². The number of anilines is 1. The van der Waals surface area contributed by atoms with Gasteiger partial charge in [0.25, 0.3) is 0 Å². The molecule has 1 saturated heterocycles. The minimum atomic E-state index is 0.738. The van der Waals surface area contributed by atoms with Gasteiger partial charge in [-0.2, -0.15) is 0 Å². The SMILES string of the molecule is BrCC1CCCN(c2ncc(I)cn2)C1. The number of rotatable bonds is 2. The van der Waals surface area contributed by atoms with Crippen molar-refractivity contribution in [1.29, 1.82) is 0 Å². The van der Waals surface area contributed by atoms with Crippen LogP contribution in [0.1, 0.15) is 12.8 Å². The molecule has 1 fully saturated rings. The summed E-state index contributed by atoms with van der Waals surface area (Å²) in [5.41, 5.74) is 0. The highest BCUT2D eigenvalue weighted by Crippen LogP contribution is 2.21. The molecule has 1 aliphatic rings. The first-order chi connectivity index (χ1) is 7.29. The van der Waals surface area contributed by atoms with Gasteiger partial charge in [0.2, 0.25) is 5.95 Å². The van der Waals surface area contributed by atoms with Gasteiger partial charge in [-0.05, 0) is 41.4 Å². The minimum Gasteiger partial charge on any atom is -0.341 e. The van der Waals surface area contributed by atoms with E-state index in [1.165, 1.54) is 12.8 Å². The summed E-state index contributed by atoms with van der Waals surface area (Å²) < 4.78 is 1.09. The van der Waals surface area contributed by atoms with E-state index in [1.807, 2.05) is 12.4 Å². The van der Waals surface area contributed by atoms with Crippen LogP contribution in [0, 0.1) is 9.49 Å². The first-order valence-corrected chi connectivity index (χ1v) is 7.28. The van der Waals surface area contributed by atoms with Crippen molar-refractivity contribution in [3.05, 3.63) is 16.0 Å². The van der Waals surface area contributed by atoms with Gasteiger partial charge in [-0.25, -0.2) is 9.97 Å². The van der Waals surface area contributed by atoms with Gasteiger partial charge in [0.05, 0.1) is 0 Å². The Labute approximate surface area is 112 Å². The van der Waals surface area contributed by atoms with Crippen molar-refractivity contribution >= 4 is 44.5 Å². The van der Waals surface area contributed by atoms with Crippen molar-refractivity contribution in [1.82, 2.24) is 9.97 Å². The second-order valence-electron chi connectivity index (χ2n) is 3.81. The van der Waals surface area contributed by atoms with Gasteiger partial charge in [-0.3, -0.25) is 0 Å². The Bertz CT molecular complexity index is 317. The van der Waals surface area contributed by atoms with Gasteiger partial charge in [0.1, 0.15) is 0 Å². The van der Waals surface area contributed by atoms with E-state index in [1.54, 1.807) is 0 Å². The Morgan fingerprint density at radius 1 is 1.47 bits per heavy atom. The third-order valence-electron chi connectivity index (χ3n) is 2.63. The predicted molar refractivity (Wildman–Crippen MR) is 73.5 cm³/mol. The normalized spacial score (nSPS) is 21.7. The van der Waals surface area contributed by atoms with Crippen LogP contribution in [0.4, 0.5) is 5.95 Å². The lowest BCUT2D eigenvalue weighted by atomic mass is 10.0. The second-order valence-corrected chi connectivity index (χ2v) is 5.70. The lowest BCUT2D eigenvalue weighted by Crippen LogP contribution is -2.37. The van der Waals surface area contributed by atoms with Gasteiger partial charge >= 0.3 is 0 Å². The van der Waals surface area contributed by atoms with E-state index in [4.69, 9.17) is 0 Å². The van der Waals surface area contributed by atoms with Crippen molar-refractivity contribution in [2.45, 2.75) is 12.8 Å². The van der Waals surface area contributed by atoms with Gasteiger partial charge in [0, 0.05) is 34.4 Å². The van der Waals surface area contributed by atoms with Crippen LogP contribution in [0.25, 0.3) is 0 Å². The number of alkyl halides is 1. The van der Waals surface area contributed by atoms with Crippen molar-refractivity contribution in [3.63, 3.8) is 0 Å². The lowest BCUT2D eigenvalue weighted by molar-refractivity contribution is 0.450. The molecule has 1 aromatic rings. The van der Waals surface area contributed by atoms with E-state index < -0.39 is 0 Å². The molecule has 0 bridgehead atoms. The summed E-state index contributed by atoms with van der Waals surface area (Å²) >= 11 is 5.78. The smallest absolute Gasteiger partial charge is 0.225 e. The zero-order valence-corrected chi connectivity index (χ0v) is 12.1. The fourth-order valence-corrected chi connectivity index (χ4v) is 2.65. The summed E-state index contributed by atoms with van der Waals surface area (Å²) in [6.45, 7) is 2.16. The van der Waals surface area contributed by atoms with Crippen LogP contribution in [0.15, 0.2) is 12.4 Å². The van der Waals surface area contributed by atoms with Gasteiger partial charge in [0.15, 0.2) is 0 Å². The van der Waals surface area contributed by atoms with E-state index in [-0.39, 0.29) is 0 Å². The van der Waals surface area contributed by atoms with Crippen molar-refractivity contribution < 1.29 is 0 Å². The molecule has 0 radical (unpaired) electrons. The molecule has 2 rings (SSSR count). The van der Waals surface area contributed by atoms with Crippen molar-refractivity contribution in [2.75, 3.05) is 23.3 Å². The molecule has 0 aliphatic carbocycles. The number of nitrogens with zero attached hydrogens (tertiary/aromatic N) is 3. The summed E-state index contributed by atoms with van der Waals surface area (Å²) in [5.74, 6) is 1.61. The van der Waals surface area contributed by atoms with Gasteiger partial charge in [-0.15, -0.1) is 0 Å². The number of piperidine rings is 1. The third-order valence-corrected chi connectivity index (χ3v) is 4.10. The molecule has 0 aromatic carbocycles. The molecule has 2 heterocycles. The number of hydrogen-bond donors (Lipinski definition) is 0. The summed E-state index contributed by atoms with van der Waals surface area (Å²) in [6.07, 6.45) is 6.30. The molecule has 1 unspecified atom stereocenters. The van der Waals surface area contributed by atoms with Crippen molar-refractivity contribution in [3.8, 4) is 0 Å². The largest absolute Gasteiger partial charge is 0.341 e. The molecule has 0 saturated carbocycles. The van der Waals surface area contributed by atoms with E-state index in [9.17, 15) is 0 Å². The minimum absolute atomic E-state index is 0.738. The molecule has 0 spiro atoms. The zero-order valence-electron chi connectivity index (χ0n) is 8.37. The number of aromatic nitrogens is 2. The molecule has 1 aliphatic heterocycles. The average Bonchev–Trinajstić information content (AvgIpc) is 2.30. The maximum Gasteiger partial charge on any atom is 0.225 e. The van der Waals surface area contributed by atoms with E-state index in [0.29, 0.717) is 0 Å². The summed E-state index contributed by atoms with van der Waals surface area (Å²) in [7, 11) is 0. The Hall–Kier alpha value is 0.0900. The van der Waals surface area contributed by atoms with Gasteiger partial charge < -0.3 is 4.90 Å². The molecule has 82 valence electrons. The van der Waals surface area contributed by atoms with Crippen LogP contribution in [0.5, 0.6) is 0 Å². The molecule has 1 atom stereocenters. The number of hydrogen-bond acceptors (Lipinski definition) is 3. The predicted octanol–water partition coefficient (Wildman–Crippen LogP) is 2.69. The Balaban J connectivity index is 2.06. The van der Waals surface area contributed by atoms with E-state index >= 15 is 0 Å². The number of halogens is 2. The van der Waals surface area contributed by atoms with Crippen molar-refractivity contribution in [2.24, 2.45) is 5.92 Å². The third kappa shape index (κ3) is 3.03. The fourth-order valence-electron chi connectivity index (χ4n) is 1.84. The van der Waals surface area contributed by atoms with Gasteiger partial charge in [-0.1, -0.05) is 15.9 Å².